The van der Waals surface area contributed by atoms with Crippen LogP contribution in [0.1, 0.15) is 43.6 Å². The molecular formula is C52H39NOS. The zero-order valence-corrected chi connectivity index (χ0v) is 31.4. The van der Waals surface area contributed by atoms with Crippen molar-refractivity contribution in [3.63, 3.8) is 0 Å². The van der Waals surface area contributed by atoms with E-state index in [-0.39, 0.29) is 0 Å². The fourth-order valence-corrected chi connectivity index (χ4v) is 10.3. The largest absolute Gasteiger partial charge is 0.456 e. The third-order valence-electron chi connectivity index (χ3n) is 11.9. The first-order chi connectivity index (χ1) is 27.2. The topological polar surface area (TPSA) is 16.4 Å². The molecule has 1 aliphatic carbocycles. The van der Waals surface area contributed by atoms with Crippen molar-refractivity contribution in [3.05, 3.63) is 175 Å². The van der Waals surface area contributed by atoms with Crippen LogP contribution in [0, 0.1) is 0 Å². The van der Waals surface area contributed by atoms with Crippen LogP contribution >= 0.6 is 11.3 Å². The lowest BCUT2D eigenvalue weighted by Crippen LogP contribution is -2.09. The molecule has 1 saturated carbocycles. The van der Waals surface area contributed by atoms with E-state index in [1.54, 1.807) is 0 Å². The lowest BCUT2D eigenvalue weighted by atomic mass is 9.84. The Balaban J connectivity index is 1.04. The van der Waals surface area contributed by atoms with Crippen LogP contribution in [0.2, 0.25) is 0 Å². The molecule has 0 spiro atoms. The van der Waals surface area contributed by atoms with Gasteiger partial charge in [0.2, 0.25) is 0 Å². The summed E-state index contributed by atoms with van der Waals surface area (Å²) >= 11 is 1.86. The van der Waals surface area contributed by atoms with E-state index in [4.69, 9.17) is 4.42 Å². The summed E-state index contributed by atoms with van der Waals surface area (Å²) in [5, 5.41) is 7.52. The minimum atomic E-state index is 0.656. The van der Waals surface area contributed by atoms with Crippen LogP contribution in [-0.4, -0.2) is 0 Å². The van der Waals surface area contributed by atoms with Crippen molar-refractivity contribution < 1.29 is 4.42 Å². The molecule has 0 bridgehead atoms. The van der Waals surface area contributed by atoms with E-state index in [0.717, 1.165) is 28.2 Å². The highest BCUT2D eigenvalue weighted by Crippen LogP contribution is 2.44. The summed E-state index contributed by atoms with van der Waals surface area (Å²) in [6.07, 6.45) is 6.61. The molecule has 8 aromatic carbocycles. The molecule has 10 aromatic rings. The maximum atomic E-state index is 6.61. The van der Waals surface area contributed by atoms with Gasteiger partial charge in [-0.15, -0.1) is 11.3 Å². The Kier molecular flexibility index (Phi) is 7.81. The average molecular weight is 726 g/mol. The number of hydrogen-bond acceptors (Lipinski definition) is 3. The third-order valence-corrected chi connectivity index (χ3v) is 13.0. The maximum Gasteiger partial charge on any atom is 0.137 e. The average Bonchev–Trinajstić information content (AvgIpc) is 3.81. The molecule has 2 heterocycles. The molecule has 0 aliphatic heterocycles. The number of furan rings is 1. The molecule has 0 amide bonds. The first kappa shape index (κ1) is 32.3. The summed E-state index contributed by atoms with van der Waals surface area (Å²) in [5.41, 5.74) is 11.5. The highest BCUT2D eigenvalue weighted by atomic mass is 32.1. The zero-order valence-electron chi connectivity index (χ0n) is 30.5. The zero-order chi connectivity index (χ0) is 36.3. The molecule has 2 nitrogen and oxygen atoms in total. The van der Waals surface area contributed by atoms with Crippen LogP contribution in [0.3, 0.4) is 0 Å². The molecule has 1 fully saturated rings. The van der Waals surface area contributed by atoms with Crippen LogP contribution in [-0.2, 0) is 0 Å². The van der Waals surface area contributed by atoms with Crippen LogP contribution < -0.4 is 4.90 Å². The number of fused-ring (bicyclic) bond motifs is 7. The second-order valence-corrected chi connectivity index (χ2v) is 16.2. The van der Waals surface area contributed by atoms with Crippen molar-refractivity contribution in [1.82, 2.24) is 0 Å². The summed E-state index contributed by atoms with van der Waals surface area (Å²) in [6.45, 7) is 0. The first-order valence-corrected chi connectivity index (χ1v) is 20.4. The Labute approximate surface area is 324 Å². The van der Waals surface area contributed by atoms with Gasteiger partial charge in [0.15, 0.2) is 0 Å². The van der Waals surface area contributed by atoms with E-state index in [2.05, 4.69) is 175 Å². The summed E-state index contributed by atoms with van der Waals surface area (Å²) < 4.78 is 9.20. The van der Waals surface area contributed by atoms with Crippen LogP contribution in [0.15, 0.2) is 174 Å². The monoisotopic (exact) mass is 725 g/mol. The van der Waals surface area contributed by atoms with Crippen molar-refractivity contribution in [1.29, 1.82) is 0 Å². The predicted molar refractivity (Wildman–Crippen MR) is 235 cm³/mol. The van der Waals surface area contributed by atoms with Gasteiger partial charge in [0, 0.05) is 54.1 Å². The molecule has 11 rings (SSSR count). The van der Waals surface area contributed by atoms with Crippen LogP contribution in [0.5, 0.6) is 0 Å². The van der Waals surface area contributed by atoms with Gasteiger partial charge < -0.3 is 9.32 Å². The number of benzene rings is 8. The summed E-state index contributed by atoms with van der Waals surface area (Å²) in [7, 11) is 0. The van der Waals surface area contributed by atoms with E-state index in [9.17, 15) is 0 Å². The molecule has 0 N–H and O–H groups in total. The van der Waals surface area contributed by atoms with Gasteiger partial charge in [-0.05, 0) is 112 Å². The highest BCUT2D eigenvalue weighted by molar-refractivity contribution is 7.25. The van der Waals surface area contributed by atoms with E-state index in [1.807, 2.05) is 11.3 Å². The number of nitrogens with zero attached hydrogens (tertiary/aromatic N) is 1. The first-order valence-electron chi connectivity index (χ1n) is 19.6. The molecule has 0 saturated heterocycles. The van der Waals surface area contributed by atoms with Gasteiger partial charge in [-0.2, -0.15) is 0 Å². The second kappa shape index (κ2) is 13.3. The smallest absolute Gasteiger partial charge is 0.137 e. The molecule has 3 heteroatoms. The minimum Gasteiger partial charge on any atom is -0.456 e. The molecule has 0 unspecified atom stereocenters. The van der Waals surface area contributed by atoms with Gasteiger partial charge in [0.1, 0.15) is 11.2 Å². The van der Waals surface area contributed by atoms with Crippen molar-refractivity contribution in [3.8, 4) is 22.3 Å². The van der Waals surface area contributed by atoms with Gasteiger partial charge in [0.05, 0.1) is 0 Å². The fraction of sp³-hybridized carbons (Fsp3) is 0.115. The number of anilines is 3. The fourth-order valence-electron chi connectivity index (χ4n) is 9.14. The Hall–Kier alpha value is -6.16. The SMILES string of the molecule is c1ccc(-c2cccc3cccc(-c4ccc(N(c5ccc6c(c5)oc5ccc(C7CCCCC7)cc56)c5ccc6c(c5)sc5ccccc56)cc4)c23)cc1. The van der Waals surface area contributed by atoms with Crippen molar-refractivity contribution in [2.45, 2.75) is 38.0 Å². The van der Waals surface area contributed by atoms with Gasteiger partial charge in [-0.25, -0.2) is 0 Å². The predicted octanol–water partition coefficient (Wildman–Crippen LogP) is 16.0. The number of hydrogen-bond donors (Lipinski definition) is 0. The van der Waals surface area contributed by atoms with E-state index in [1.165, 1.54) is 102 Å². The highest BCUT2D eigenvalue weighted by Gasteiger charge is 2.20. The van der Waals surface area contributed by atoms with E-state index in [0.29, 0.717) is 5.92 Å². The van der Waals surface area contributed by atoms with Crippen LogP contribution in [0.25, 0.3) is 75.1 Å². The van der Waals surface area contributed by atoms with Gasteiger partial charge in [-0.3, -0.25) is 0 Å². The van der Waals surface area contributed by atoms with Crippen molar-refractivity contribution in [2.24, 2.45) is 0 Å². The molecule has 0 radical (unpaired) electrons. The third kappa shape index (κ3) is 5.61. The second-order valence-electron chi connectivity index (χ2n) is 15.1. The van der Waals surface area contributed by atoms with Gasteiger partial charge in [-0.1, -0.05) is 128 Å². The number of rotatable bonds is 6. The summed E-state index contributed by atoms with van der Waals surface area (Å²) in [6, 6.07) is 62.4. The van der Waals surface area contributed by atoms with Crippen LogP contribution in [0.4, 0.5) is 17.1 Å². The van der Waals surface area contributed by atoms with E-state index < -0.39 is 0 Å². The molecule has 264 valence electrons. The quantitative estimate of drug-likeness (QED) is 0.170. The molecular weight excluding hydrogens is 687 g/mol. The Bertz CT molecular complexity index is 3010. The lowest BCUT2D eigenvalue weighted by molar-refractivity contribution is 0.444. The van der Waals surface area contributed by atoms with Gasteiger partial charge in [0.25, 0.3) is 0 Å². The number of thiophene rings is 1. The molecule has 1 aliphatic rings. The maximum absolute atomic E-state index is 6.61. The Morgan fingerprint density at radius 2 is 1.13 bits per heavy atom. The minimum absolute atomic E-state index is 0.656. The van der Waals surface area contributed by atoms with E-state index >= 15 is 0 Å². The van der Waals surface area contributed by atoms with Crippen molar-refractivity contribution in [2.75, 3.05) is 4.90 Å². The lowest BCUT2D eigenvalue weighted by Gasteiger charge is -2.26. The summed E-state index contributed by atoms with van der Waals surface area (Å²) in [4.78, 5) is 2.38. The standard InChI is InChI=1S/C52H39NOS/c1-3-11-34(12-4-1)38-23-30-48-47(31-38)44-28-26-40(32-49(44)54-48)53(41-27-29-46-45-17-7-8-20-50(45)55-51(46)33-41)39-24-21-36(22-25-39)43-19-10-16-37-15-9-18-42(52(37)43)35-13-5-2-6-14-35/h2,5-10,13-34H,1,3-4,11-12H2. The van der Waals surface area contributed by atoms with Crippen molar-refractivity contribution >= 4 is 81.3 Å². The molecule has 0 atom stereocenters. The Morgan fingerprint density at radius 3 is 1.93 bits per heavy atom. The summed E-state index contributed by atoms with van der Waals surface area (Å²) in [5.74, 6) is 0.656. The molecule has 55 heavy (non-hydrogen) atoms. The Morgan fingerprint density at radius 1 is 0.455 bits per heavy atom. The van der Waals surface area contributed by atoms with Gasteiger partial charge >= 0.3 is 0 Å². The molecule has 2 aromatic heterocycles. The normalized spacial score (nSPS) is 13.7.